The largest absolute Gasteiger partial charge is 0.494 e. The van der Waals surface area contributed by atoms with Gasteiger partial charge < -0.3 is 5.11 Å². The monoisotopic (exact) mass is 520 g/mol. The van der Waals surface area contributed by atoms with Crippen LogP contribution in [0.2, 0.25) is 0 Å². The number of amides is 1. The van der Waals surface area contributed by atoms with E-state index >= 15 is 0 Å². The zero-order valence-corrected chi connectivity index (χ0v) is 20.4. The molecule has 3 heterocycles. The Bertz CT molecular complexity index is 1530. The first-order valence-corrected chi connectivity index (χ1v) is 11.7. The van der Waals surface area contributed by atoms with Crippen LogP contribution in [0.5, 0.6) is 5.88 Å². The highest BCUT2D eigenvalue weighted by Crippen LogP contribution is 2.33. The molecule has 1 aliphatic rings. The number of halogens is 1. The van der Waals surface area contributed by atoms with Gasteiger partial charge in [-0.15, -0.1) is 0 Å². The Morgan fingerprint density at radius 3 is 2.64 bits per heavy atom. The summed E-state index contributed by atoms with van der Waals surface area (Å²) < 4.78 is 14.2. The molecular weight excluding hydrogens is 503 g/mol. The molecule has 1 N–H and O–H groups in total. The molecule has 0 atom stereocenters. The number of thioether (sulfide) groups is 1. The molecule has 4 rings (SSSR count). The number of pyridine rings is 2. The van der Waals surface area contributed by atoms with E-state index in [2.05, 4.69) is 4.98 Å². The van der Waals surface area contributed by atoms with Crippen molar-refractivity contribution in [2.24, 2.45) is 0 Å². The third-order valence-corrected chi connectivity index (χ3v) is 6.86. The number of hydrogen-bond donors (Lipinski definition) is 1. The van der Waals surface area contributed by atoms with E-state index < -0.39 is 35.5 Å². The molecule has 1 fully saturated rings. The molecule has 180 valence electrons. The lowest BCUT2D eigenvalue weighted by Crippen LogP contribution is -2.35. The van der Waals surface area contributed by atoms with Crippen molar-refractivity contribution in [1.29, 1.82) is 5.26 Å². The first-order chi connectivity index (χ1) is 17.2. The highest BCUT2D eigenvalue weighted by molar-refractivity contribution is 8.26. The predicted molar refractivity (Wildman–Crippen MR) is 136 cm³/mol. The number of ketones is 1. The Balaban J connectivity index is 1.67. The molecule has 0 saturated carbocycles. The van der Waals surface area contributed by atoms with E-state index in [1.54, 1.807) is 24.4 Å². The smallest absolute Gasteiger partial charge is 0.271 e. The number of carbonyl (C=O) groups excluding carboxylic acids is 2. The summed E-state index contributed by atoms with van der Waals surface area (Å²) in [7, 11) is 0. The van der Waals surface area contributed by atoms with E-state index in [9.17, 15) is 29.1 Å². The Labute approximate surface area is 214 Å². The number of hydrogen-bond acceptors (Lipinski definition) is 8. The fraction of sp³-hybridized carbons (Fsp3) is 0.120. The fourth-order valence-electron chi connectivity index (χ4n) is 3.67. The van der Waals surface area contributed by atoms with E-state index in [1.165, 1.54) is 43.5 Å². The number of Topliss-reactive ketones (excluding diaryl/α,β-unsaturated/α-hetero) is 1. The van der Waals surface area contributed by atoms with Gasteiger partial charge in [-0.2, -0.15) is 5.26 Å². The Morgan fingerprint density at radius 1 is 1.28 bits per heavy atom. The number of aromatic nitrogens is 2. The van der Waals surface area contributed by atoms with Crippen LogP contribution in [0, 0.1) is 24.1 Å². The molecule has 1 amide bonds. The molecule has 1 aliphatic heterocycles. The summed E-state index contributed by atoms with van der Waals surface area (Å²) in [4.78, 5) is 44.4. The quantitative estimate of drug-likeness (QED) is 0.299. The van der Waals surface area contributed by atoms with Crippen molar-refractivity contribution in [3.05, 3.63) is 97.7 Å². The van der Waals surface area contributed by atoms with Crippen molar-refractivity contribution >= 4 is 46.1 Å². The van der Waals surface area contributed by atoms with Gasteiger partial charge in [-0.1, -0.05) is 42.2 Å². The van der Waals surface area contributed by atoms with Gasteiger partial charge in [-0.05, 0) is 47.9 Å². The van der Waals surface area contributed by atoms with Crippen LogP contribution in [0.4, 0.5) is 4.39 Å². The maximum absolute atomic E-state index is 13.3. The summed E-state index contributed by atoms with van der Waals surface area (Å²) in [6.07, 6.45) is 4.57. The normalized spacial score (nSPS) is 14.4. The molecule has 2 aromatic heterocycles. The second-order valence-corrected chi connectivity index (χ2v) is 9.48. The number of nitrogens with zero attached hydrogens (tertiary/aromatic N) is 4. The SMILES string of the molecule is Cc1c(C(=O)CN2C(=O)/C(=C/c3ccc(F)cc3)SC2=S)c(O)n(Cc2cccnc2)c(=O)c1C#N. The summed E-state index contributed by atoms with van der Waals surface area (Å²) >= 11 is 6.27. The highest BCUT2D eigenvalue weighted by atomic mass is 32.2. The van der Waals surface area contributed by atoms with E-state index in [-0.39, 0.29) is 32.5 Å². The first-order valence-electron chi connectivity index (χ1n) is 10.5. The highest BCUT2D eigenvalue weighted by Gasteiger charge is 2.35. The van der Waals surface area contributed by atoms with Crippen molar-refractivity contribution in [3.63, 3.8) is 0 Å². The van der Waals surface area contributed by atoms with Crippen molar-refractivity contribution in [1.82, 2.24) is 14.5 Å². The number of rotatable bonds is 6. The Hall–Kier alpha value is -4.14. The zero-order valence-electron chi connectivity index (χ0n) is 18.8. The fourth-order valence-corrected chi connectivity index (χ4v) is 4.93. The van der Waals surface area contributed by atoms with Gasteiger partial charge in [0.25, 0.3) is 11.5 Å². The summed E-state index contributed by atoms with van der Waals surface area (Å²) in [5.74, 6) is -2.25. The van der Waals surface area contributed by atoms with Crippen LogP contribution in [-0.2, 0) is 11.3 Å². The van der Waals surface area contributed by atoms with Gasteiger partial charge in [0, 0.05) is 12.4 Å². The third kappa shape index (κ3) is 4.82. The molecule has 1 aromatic carbocycles. The maximum atomic E-state index is 13.3. The molecule has 3 aromatic rings. The van der Waals surface area contributed by atoms with E-state index in [4.69, 9.17) is 12.2 Å². The average molecular weight is 521 g/mol. The van der Waals surface area contributed by atoms with Crippen LogP contribution in [0.1, 0.15) is 32.6 Å². The number of carbonyl (C=O) groups is 2. The number of benzene rings is 1. The van der Waals surface area contributed by atoms with Crippen LogP contribution in [0.25, 0.3) is 6.08 Å². The second kappa shape index (κ2) is 10.2. The van der Waals surface area contributed by atoms with Crippen molar-refractivity contribution in [2.45, 2.75) is 13.5 Å². The molecule has 1 saturated heterocycles. The Kier molecular flexibility index (Phi) is 7.10. The van der Waals surface area contributed by atoms with E-state index in [0.29, 0.717) is 11.1 Å². The van der Waals surface area contributed by atoms with Crippen LogP contribution in [-0.4, -0.2) is 42.1 Å². The minimum atomic E-state index is -0.749. The minimum absolute atomic E-state index is 0.0136. The van der Waals surface area contributed by atoms with Crippen LogP contribution in [0.3, 0.4) is 0 Å². The van der Waals surface area contributed by atoms with Crippen molar-refractivity contribution in [2.75, 3.05) is 6.54 Å². The second-order valence-electron chi connectivity index (χ2n) is 7.81. The average Bonchev–Trinajstić information content (AvgIpc) is 3.11. The van der Waals surface area contributed by atoms with Gasteiger partial charge in [-0.3, -0.25) is 28.8 Å². The van der Waals surface area contributed by atoms with Gasteiger partial charge in [-0.25, -0.2) is 4.39 Å². The molecule has 0 aliphatic carbocycles. The van der Waals surface area contributed by atoms with Crippen LogP contribution >= 0.6 is 24.0 Å². The van der Waals surface area contributed by atoms with Gasteiger partial charge in [0.05, 0.1) is 23.6 Å². The molecular formula is C25H17FN4O4S2. The Morgan fingerprint density at radius 2 is 2.00 bits per heavy atom. The van der Waals surface area contributed by atoms with E-state index in [1.807, 2.05) is 0 Å². The molecule has 36 heavy (non-hydrogen) atoms. The van der Waals surface area contributed by atoms with Crippen LogP contribution < -0.4 is 5.56 Å². The van der Waals surface area contributed by atoms with Gasteiger partial charge >= 0.3 is 0 Å². The van der Waals surface area contributed by atoms with Gasteiger partial charge in [0.1, 0.15) is 21.8 Å². The lowest BCUT2D eigenvalue weighted by molar-refractivity contribution is -0.121. The van der Waals surface area contributed by atoms with Crippen molar-refractivity contribution < 1.29 is 19.1 Å². The van der Waals surface area contributed by atoms with Gasteiger partial charge in [0.2, 0.25) is 5.88 Å². The molecule has 0 unspecified atom stereocenters. The molecule has 0 radical (unpaired) electrons. The molecule has 11 heteroatoms. The summed E-state index contributed by atoms with van der Waals surface area (Å²) in [5, 5.41) is 20.5. The lowest BCUT2D eigenvalue weighted by atomic mass is 10.0. The minimum Gasteiger partial charge on any atom is -0.494 e. The predicted octanol–water partition coefficient (Wildman–Crippen LogP) is 3.40. The molecule has 8 nitrogen and oxygen atoms in total. The topological polar surface area (TPSA) is 116 Å². The van der Waals surface area contributed by atoms with Crippen LogP contribution in [0.15, 0.2) is 58.5 Å². The maximum Gasteiger partial charge on any atom is 0.271 e. The summed E-state index contributed by atoms with van der Waals surface area (Å²) in [6, 6.07) is 10.7. The molecule has 0 spiro atoms. The lowest BCUT2D eigenvalue weighted by Gasteiger charge is -2.18. The van der Waals surface area contributed by atoms with Crippen molar-refractivity contribution in [3.8, 4) is 11.9 Å². The molecule has 0 bridgehead atoms. The first kappa shape index (κ1) is 25.0. The summed E-state index contributed by atoms with van der Waals surface area (Å²) in [6.45, 7) is 0.769. The summed E-state index contributed by atoms with van der Waals surface area (Å²) in [5.41, 5.74) is -0.115. The third-order valence-electron chi connectivity index (χ3n) is 5.49. The zero-order chi connectivity index (χ0) is 26.0. The standard InChI is InChI=1S/C25H17FN4O4S2/c1-14-18(10-27)22(32)29(12-16-3-2-8-28-11-16)24(34)21(14)19(31)13-30-23(33)20(36-25(30)35)9-15-4-6-17(26)7-5-15/h2-9,11,34H,12-13H2,1H3/b20-9-. The number of nitriles is 1. The number of aromatic hydroxyl groups is 1. The number of thiocarbonyl (C=S) groups is 1. The van der Waals surface area contributed by atoms with E-state index in [0.717, 1.165) is 21.2 Å². The van der Waals surface area contributed by atoms with Gasteiger partial charge in [0.15, 0.2) is 5.78 Å².